The van der Waals surface area contributed by atoms with Crippen LogP contribution in [0.1, 0.15) is 17.1 Å². The number of rotatable bonds is 1. The van der Waals surface area contributed by atoms with E-state index < -0.39 is 18.2 Å². The van der Waals surface area contributed by atoms with Crippen LogP contribution in [0.2, 0.25) is 0 Å². The molecule has 0 saturated carbocycles. The molecule has 2 rings (SSSR count). The molecular formula is C8H7F3N2OS. The number of aromatic amines is 1. The summed E-state index contributed by atoms with van der Waals surface area (Å²) in [5.74, 6) is 0.752. The predicted octanol–water partition coefficient (Wildman–Crippen LogP) is 1.62. The highest BCUT2D eigenvalue weighted by Gasteiger charge is 2.30. The number of alkyl halides is 3. The summed E-state index contributed by atoms with van der Waals surface area (Å²) in [6.45, 7) is 0. The van der Waals surface area contributed by atoms with E-state index in [2.05, 4.69) is 9.97 Å². The van der Waals surface area contributed by atoms with Crippen molar-refractivity contribution in [1.82, 2.24) is 9.97 Å². The molecule has 82 valence electrons. The number of fused-ring (bicyclic) bond motifs is 1. The first-order chi connectivity index (χ1) is 6.96. The van der Waals surface area contributed by atoms with Crippen LogP contribution in [0.25, 0.3) is 0 Å². The quantitative estimate of drug-likeness (QED) is 0.806. The maximum Gasteiger partial charge on any atom is 0.396 e. The highest BCUT2D eigenvalue weighted by atomic mass is 32.2. The molecule has 7 heteroatoms. The van der Waals surface area contributed by atoms with Crippen LogP contribution < -0.4 is 5.56 Å². The molecule has 1 aromatic rings. The van der Waals surface area contributed by atoms with Crippen molar-refractivity contribution in [2.24, 2.45) is 0 Å². The third-order valence-corrected chi connectivity index (χ3v) is 2.97. The van der Waals surface area contributed by atoms with Crippen LogP contribution in [-0.2, 0) is 17.9 Å². The average Bonchev–Trinajstić information content (AvgIpc) is 2.48. The summed E-state index contributed by atoms with van der Waals surface area (Å²) >= 11 is 1.48. The number of hydrogen-bond donors (Lipinski definition) is 1. The van der Waals surface area contributed by atoms with E-state index in [9.17, 15) is 18.0 Å². The number of nitrogens with one attached hydrogen (secondary N) is 1. The molecule has 1 aliphatic rings. The zero-order valence-corrected chi connectivity index (χ0v) is 8.34. The van der Waals surface area contributed by atoms with Crippen LogP contribution in [0.15, 0.2) is 4.79 Å². The van der Waals surface area contributed by atoms with Crippen molar-refractivity contribution in [2.75, 3.05) is 0 Å². The van der Waals surface area contributed by atoms with Gasteiger partial charge in [0.1, 0.15) is 12.2 Å². The second kappa shape index (κ2) is 3.55. The number of aromatic nitrogens is 2. The van der Waals surface area contributed by atoms with Gasteiger partial charge in [-0.2, -0.15) is 24.9 Å². The minimum Gasteiger partial charge on any atom is -0.310 e. The monoisotopic (exact) mass is 236 g/mol. The van der Waals surface area contributed by atoms with Gasteiger partial charge in [0.2, 0.25) is 0 Å². The Bertz CT molecular complexity index is 440. The third-order valence-electron chi connectivity index (χ3n) is 2.00. The summed E-state index contributed by atoms with van der Waals surface area (Å²) in [5.41, 5.74) is 0.554. The molecule has 0 aromatic carbocycles. The molecule has 1 aliphatic heterocycles. The zero-order valence-electron chi connectivity index (χ0n) is 7.52. The van der Waals surface area contributed by atoms with Gasteiger partial charge in [0.05, 0.1) is 5.69 Å². The lowest BCUT2D eigenvalue weighted by atomic mass is 10.2. The second-order valence-corrected chi connectivity index (χ2v) is 4.21. The number of thioether (sulfide) groups is 1. The minimum atomic E-state index is -4.34. The summed E-state index contributed by atoms with van der Waals surface area (Å²) in [5, 5.41) is 0. The van der Waals surface area contributed by atoms with Gasteiger partial charge in [-0.25, -0.2) is 4.98 Å². The van der Waals surface area contributed by atoms with Gasteiger partial charge in [0.25, 0.3) is 5.56 Å². The van der Waals surface area contributed by atoms with E-state index in [0.717, 1.165) is 0 Å². The fraction of sp³-hybridized carbons (Fsp3) is 0.500. The lowest BCUT2D eigenvalue weighted by Gasteiger charge is -2.06. The summed E-state index contributed by atoms with van der Waals surface area (Å²) in [6.07, 6.45) is -5.52. The van der Waals surface area contributed by atoms with Gasteiger partial charge in [-0.05, 0) is 0 Å². The Hall–Kier alpha value is -0.980. The summed E-state index contributed by atoms with van der Waals surface area (Å²) in [7, 11) is 0. The molecule has 3 nitrogen and oxygen atoms in total. The Morgan fingerprint density at radius 2 is 2.13 bits per heavy atom. The number of H-pyrrole nitrogens is 1. The molecule has 0 atom stereocenters. The maximum absolute atomic E-state index is 12.1. The van der Waals surface area contributed by atoms with E-state index >= 15 is 0 Å². The number of nitrogens with zero attached hydrogens (tertiary/aromatic N) is 1. The third kappa shape index (κ3) is 2.34. The molecule has 0 saturated heterocycles. The average molecular weight is 236 g/mol. The Labute approximate surface area is 87.1 Å². The van der Waals surface area contributed by atoms with Gasteiger partial charge in [-0.1, -0.05) is 0 Å². The topological polar surface area (TPSA) is 45.8 Å². The summed E-state index contributed by atoms with van der Waals surface area (Å²) < 4.78 is 36.2. The summed E-state index contributed by atoms with van der Waals surface area (Å²) in [6, 6.07) is 0. The molecule has 0 unspecified atom stereocenters. The van der Waals surface area contributed by atoms with Gasteiger partial charge < -0.3 is 4.98 Å². The van der Waals surface area contributed by atoms with E-state index in [0.29, 0.717) is 22.8 Å². The number of halogens is 3. The molecule has 0 fully saturated rings. The van der Waals surface area contributed by atoms with Crippen LogP contribution in [0, 0.1) is 0 Å². The van der Waals surface area contributed by atoms with Gasteiger partial charge >= 0.3 is 6.18 Å². The van der Waals surface area contributed by atoms with Crippen LogP contribution in [0.4, 0.5) is 13.2 Å². The molecule has 1 N–H and O–H groups in total. The molecular weight excluding hydrogens is 229 g/mol. The fourth-order valence-corrected chi connectivity index (χ4v) is 2.42. The van der Waals surface area contributed by atoms with Crippen molar-refractivity contribution in [3.8, 4) is 0 Å². The SMILES string of the molecule is O=c1[nH]c(CC(F)(F)F)nc2c1CSC2. The zero-order chi connectivity index (χ0) is 11.1. The highest BCUT2D eigenvalue weighted by molar-refractivity contribution is 7.98. The molecule has 15 heavy (non-hydrogen) atoms. The first-order valence-electron chi connectivity index (χ1n) is 4.21. The fourth-order valence-electron chi connectivity index (χ4n) is 1.39. The Morgan fingerprint density at radius 1 is 1.40 bits per heavy atom. The highest BCUT2D eigenvalue weighted by Crippen LogP contribution is 2.26. The van der Waals surface area contributed by atoms with Crippen molar-refractivity contribution < 1.29 is 13.2 Å². The second-order valence-electron chi connectivity index (χ2n) is 3.22. The maximum atomic E-state index is 12.1. The molecule has 0 radical (unpaired) electrons. The van der Waals surface area contributed by atoms with Crippen LogP contribution in [-0.4, -0.2) is 16.1 Å². The Balaban J connectivity index is 2.36. The Morgan fingerprint density at radius 3 is 2.80 bits per heavy atom. The standard InChI is InChI=1S/C8H7F3N2OS/c9-8(10,11)1-6-12-5-3-15-2-4(5)7(14)13-6/h1-3H2,(H,12,13,14). The lowest BCUT2D eigenvalue weighted by Crippen LogP contribution is -2.21. The predicted molar refractivity (Wildman–Crippen MR) is 49.6 cm³/mol. The van der Waals surface area contributed by atoms with Gasteiger partial charge in [-0.15, -0.1) is 0 Å². The van der Waals surface area contributed by atoms with Crippen LogP contribution >= 0.6 is 11.8 Å². The van der Waals surface area contributed by atoms with E-state index in [1.807, 2.05) is 0 Å². The smallest absolute Gasteiger partial charge is 0.310 e. The lowest BCUT2D eigenvalue weighted by molar-refractivity contribution is -0.128. The van der Waals surface area contributed by atoms with E-state index in [4.69, 9.17) is 0 Å². The normalized spacial score (nSPS) is 15.4. The van der Waals surface area contributed by atoms with Crippen LogP contribution in [0.3, 0.4) is 0 Å². The van der Waals surface area contributed by atoms with E-state index in [1.165, 1.54) is 11.8 Å². The molecule has 0 spiro atoms. The van der Waals surface area contributed by atoms with Crippen molar-refractivity contribution in [1.29, 1.82) is 0 Å². The first-order valence-corrected chi connectivity index (χ1v) is 5.36. The van der Waals surface area contributed by atoms with Crippen LogP contribution in [0.5, 0.6) is 0 Å². The van der Waals surface area contributed by atoms with E-state index in [1.54, 1.807) is 0 Å². The van der Waals surface area contributed by atoms with Gasteiger partial charge in [0.15, 0.2) is 0 Å². The van der Waals surface area contributed by atoms with Crippen molar-refractivity contribution in [3.63, 3.8) is 0 Å². The molecule has 0 amide bonds. The van der Waals surface area contributed by atoms with Gasteiger partial charge in [0, 0.05) is 17.1 Å². The molecule has 0 bridgehead atoms. The molecule has 0 aliphatic carbocycles. The first kappa shape index (κ1) is 10.5. The molecule has 1 aromatic heterocycles. The number of hydrogen-bond acceptors (Lipinski definition) is 3. The Kier molecular flexibility index (Phi) is 2.49. The van der Waals surface area contributed by atoms with Gasteiger partial charge in [-0.3, -0.25) is 4.79 Å². The molecule has 2 heterocycles. The van der Waals surface area contributed by atoms with Crippen molar-refractivity contribution in [3.05, 3.63) is 27.4 Å². The minimum absolute atomic E-state index is 0.297. The van der Waals surface area contributed by atoms with E-state index in [-0.39, 0.29) is 5.82 Å². The van der Waals surface area contributed by atoms with Crippen molar-refractivity contribution >= 4 is 11.8 Å². The largest absolute Gasteiger partial charge is 0.396 e. The summed E-state index contributed by atoms with van der Waals surface area (Å²) in [4.78, 5) is 17.3. The van der Waals surface area contributed by atoms with Crippen molar-refractivity contribution in [2.45, 2.75) is 24.1 Å².